The normalized spacial score (nSPS) is 10.8. The molecule has 0 bridgehead atoms. The number of hydrogen-bond donors (Lipinski definition) is 1. The quantitative estimate of drug-likeness (QED) is 0.636. The smallest absolute Gasteiger partial charge is 0.259 e. The van der Waals surface area contributed by atoms with Gasteiger partial charge in [-0.3, -0.25) is 4.79 Å². The van der Waals surface area contributed by atoms with Crippen LogP contribution in [0.3, 0.4) is 0 Å². The zero-order valence-corrected chi connectivity index (χ0v) is 8.57. The third-order valence-corrected chi connectivity index (χ3v) is 2.65. The second kappa shape index (κ2) is 3.19. The second-order valence-corrected chi connectivity index (χ2v) is 3.71. The number of fused-ring (bicyclic) bond motifs is 3. The lowest BCUT2D eigenvalue weighted by molar-refractivity contribution is 0.629. The molecule has 0 aliphatic carbocycles. The van der Waals surface area contributed by atoms with Crippen LogP contribution in [0.1, 0.15) is 5.56 Å². The average Bonchev–Trinajstić information content (AvgIpc) is 2.72. The Kier molecular flexibility index (Phi) is 1.80. The molecule has 3 rings (SSSR count). The second-order valence-electron chi connectivity index (χ2n) is 3.71. The van der Waals surface area contributed by atoms with E-state index in [9.17, 15) is 9.18 Å². The molecule has 1 N–H and O–H groups in total. The van der Waals surface area contributed by atoms with Gasteiger partial charge in [0.15, 0.2) is 0 Å². The molecule has 0 fully saturated rings. The number of rotatable bonds is 0. The summed E-state index contributed by atoms with van der Waals surface area (Å²) in [5.74, 6) is -0.463. The number of H-pyrrole nitrogens is 1. The summed E-state index contributed by atoms with van der Waals surface area (Å²) in [6.45, 7) is 0. The van der Waals surface area contributed by atoms with Crippen molar-refractivity contribution in [1.82, 2.24) is 9.38 Å². The van der Waals surface area contributed by atoms with Crippen LogP contribution in [0.5, 0.6) is 0 Å². The minimum absolute atomic E-state index is 0.262. The summed E-state index contributed by atoms with van der Waals surface area (Å²) in [7, 11) is 0. The molecule has 2 heterocycles. The summed E-state index contributed by atoms with van der Waals surface area (Å²) in [6.07, 6.45) is 1.60. The van der Waals surface area contributed by atoms with Crippen LogP contribution in [0.15, 0.2) is 35.3 Å². The number of aromatic amines is 1. The van der Waals surface area contributed by atoms with Crippen LogP contribution < -0.4 is 5.56 Å². The molecule has 0 spiro atoms. The predicted molar refractivity (Wildman–Crippen MR) is 60.2 cm³/mol. The molecule has 17 heavy (non-hydrogen) atoms. The van der Waals surface area contributed by atoms with Crippen molar-refractivity contribution in [3.05, 3.63) is 52.2 Å². The van der Waals surface area contributed by atoms with E-state index in [0.717, 1.165) is 0 Å². The van der Waals surface area contributed by atoms with Gasteiger partial charge in [-0.25, -0.2) is 4.39 Å². The standard InChI is InChI=1S/C12H6FN3O/c13-8-1-2-10-9(4-8)12(17)15-11-3-7(5-14)6-16(10)11/h1-4,6H,(H,15,17). The van der Waals surface area contributed by atoms with Crippen molar-refractivity contribution in [3.63, 3.8) is 0 Å². The summed E-state index contributed by atoms with van der Waals surface area (Å²) in [4.78, 5) is 14.3. The SMILES string of the molecule is N#Cc1cc2[nH]c(=O)c3cc(F)ccc3n2c1. The van der Waals surface area contributed by atoms with E-state index >= 15 is 0 Å². The molecule has 0 atom stereocenters. The van der Waals surface area contributed by atoms with Crippen LogP contribution in [-0.2, 0) is 0 Å². The number of hydrogen-bond acceptors (Lipinski definition) is 2. The fourth-order valence-corrected chi connectivity index (χ4v) is 1.90. The highest BCUT2D eigenvalue weighted by Gasteiger charge is 2.07. The molecule has 82 valence electrons. The minimum atomic E-state index is -0.463. The van der Waals surface area contributed by atoms with Gasteiger partial charge in [-0.2, -0.15) is 5.26 Å². The van der Waals surface area contributed by atoms with Gasteiger partial charge in [0.2, 0.25) is 0 Å². The third kappa shape index (κ3) is 1.31. The zero-order chi connectivity index (χ0) is 12.0. The predicted octanol–water partition coefficient (Wildman–Crippen LogP) is 1.79. The number of aromatic nitrogens is 2. The molecule has 0 radical (unpaired) electrons. The maximum absolute atomic E-state index is 13.1. The summed E-state index contributed by atoms with van der Waals surface area (Å²) in [6, 6.07) is 7.56. The van der Waals surface area contributed by atoms with Gasteiger partial charge in [0, 0.05) is 6.20 Å². The van der Waals surface area contributed by atoms with E-state index in [1.165, 1.54) is 18.2 Å². The van der Waals surface area contributed by atoms with Crippen molar-refractivity contribution in [2.24, 2.45) is 0 Å². The molecule has 0 aliphatic heterocycles. The van der Waals surface area contributed by atoms with Gasteiger partial charge in [-0.15, -0.1) is 0 Å². The van der Waals surface area contributed by atoms with Crippen molar-refractivity contribution in [2.75, 3.05) is 0 Å². The first-order valence-corrected chi connectivity index (χ1v) is 4.93. The fraction of sp³-hybridized carbons (Fsp3) is 0. The van der Waals surface area contributed by atoms with Crippen LogP contribution in [-0.4, -0.2) is 9.38 Å². The Morgan fingerprint density at radius 2 is 2.18 bits per heavy atom. The number of benzene rings is 1. The van der Waals surface area contributed by atoms with Crippen molar-refractivity contribution in [3.8, 4) is 6.07 Å². The molecule has 4 nitrogen and oxygen atoms in total. The van der Waals surface area contributed by atoms with E-state index in [1.54, 1.807) is 16.7 Å². The average molecular weight is 227 g/mol. The van der Waals surface area contributed by atoms with E-state index in [0.29, 0.717) is 16.7 Å². The van der Waals surface area contributed by atoms with Gasteiger partial charge < -0.3 is 9.38 Å². The first-order valence-electron chi connectivity index (χ1n) is 4.93. The fourth-order valence-electron chi connectivity index (χ4n) is 1.90. The molecule has 1 aromatic carbocycles. The highest BCUT2D eigenvalue weighted by Crippen LogP contribution is 2.15. The Morgan fingerprint density at radius 1 is 1.35 bits per heavy atom. The first-order chi connectivity index (χ1) is 8.19. The van der Waals surface area contributed by atoms with Crippen molar-refractivity contribution < 1.29 is 4.39 Å². The van der Waals surface area contributed by atoms with Gasteiger partial charge >= 0.3 is 0 Å². The molecule has 0 aliphatic rings. The Labute approximate surface area is 94.5 Å². The van der Waals surface area contributed by atoms with E-state index < -0.39 is 5.82 Å². The van der Waals surface area contributed by atoms with Gasteiger partial charge in [0.25, 0.3) is 5.56 Å². The van der Waals surface area contributed by atoms with Gasteiger partial charge in [-0.05, 0) is 24.3 Å². The first kappa shape index (κ1) is 9.60. The molecule has 0 unspecified atom stereocenters. The Bertz CT molecular complexity index is 838. The summed E-state index contributed by atoms with van der Waals surface area (Å²) in [5.41, 5.74) is 1.17. The lowest BCUT2D eigenvalue weighted by atomic mass is 10.2. The largest absolute Gasteiger partial charge is 0.308 e. The summed E-state index contributed by atoms with van der Waals surface area (Å²) in [5, 5.41) is 9.07. The molecule has 0 saturated carbocycles. The maximum atomic E-state index is 13.1. The Balaban J connectivity index is 2.59. The number of halogens is 1. The third-order valence-electron chi connectivity index (χ3n) is 2.65. The van der Waals surface area contributed by atoms with E-state index in [4.69, 9.17) is 5.26 Å². The van der Waals surface area contributed by atoms with Crippen LogP contribution in [0.4, 0.5) is 4.39 Å². The van der Waals surface area contributed by atoms with Crippen LogP contribution in [0, 0.1) is 17.1 Å². The topological polar surface area (TPSA) is 61.1 Å². The van der Waals surface area contributed by atoms with E-state index in [-0.39, 0.29) is 10.9 Å². The van der Waals surface area contributed by atoms with E-state index in [2.05, 4.69) is 4.98 Å². The lowest BCUT2D eigenvalue weighted by Gasteiger charge is -2.01. The molecule has 0 saturated heterocycles. The van der Waals surface area contributed by atoms with Crippen LogP contribution in [0.2, 0.25) is 0 Å². The van der Waals surface area contributed by atoms with Crippen molar-refractivity contribution in [2.45, 2.75) is 0 Å². The van der Waals surface area contributed by atoms with Crippen LogP contribution in [0.25, 0.3) is 16.6 Å². The monoisotopic (exact) mass is 227 g/mol. The molecule has 2 aromatic heterocycles. The summed E-state index contributed by atoms with van der Waals surface area (Å²) >= 11 is 0. The van der Waals surface area contributed by atoms with Crippen LogP contribution >= 0.6 is 0 Å². The zero-order valence-electron chi connectivity index (χ0n) is 8.57. The molecule has 3 aromatic rings. The Hall–Kier alpha value is -2.61. The molecule has 5 heteroatoms. The lowest BCUT2D eigenvalue weighted by Crippen LogP contribution is -2.09. The number of nitrogens with one attached hydrogen (secondary N) is 1. The Morgan fingerprint density at radius 3 is 2.94 bits per heavy atom. The highest BCUT2D eigenvalue weighted by molar-refractivity contribution is 5.81. The van der Waals surface area contributed by atoms with E-state index in [1.807, 2.05) is 6.07 Å². The summed E-state index contributed by atoms with van der Waals surface area (Å²) < 4.78 is 14.7. The van der Waals surface area contributed by atoms with Crippen molar-refractivity contribution in [1.29, 1.82) is 5.26 Å². The molecular weight excluding hydrogens is 221 g/mol. The number of nitrogens with zero attached hydrogens (tertiary/aromatic N) is 2. The van der Waals surface area contributed by atoms with Crippen molar-refractivity contribution >= 4 is 16.6 Å². The van der Waals surface area contributed by atoms with Gasteiger partial charge in [-0.1, -0.05) is 0 Å². The molecular formula is C12H6FN3O. The highest BCUT2D eigenvalue weighted by atomic mass is 19.1. The number of nitriles is 1. The maximum Gasteiger partial charge on any atom is 0.259 e. The van der Waals surface area contributed by atoms with Gasteiger partial charge in [0.05, 0.1) is 16.5 Å². The minimum Gasteiger partial charge on any atom is -0.308 e. The van der Waals surface area contributed by atoms with Gasteiger partial charge in [0.1, 0.15) is 17.5 Å². The molecule has 0 amide bonds.